The lowest BCUT2D eigenvalue weighted by Crippen LogP contribution is -2.39. The van der Waals surface area contributed by atoms with Crippen LogP contribution in [0, 0.1) is 6.92 Å². The summed E-state index contributed by atoms with van der Waals surface area (Å²) in [6.07, 6.45) is 0.720. The first kappa shape index (κ1) is 21.0. The van der Waals surface area contributed by atoms with Gasteiger partial charge in [-0.3, -0.25) is 9.69 Å². The molecule has 2 N–H and O–H groups in total. The fraction of sp³-hybridized carbons (Fsp3) is 0.476. The zero-order valence-electron chi connectivity index (χ0n) is 17.1. The Bertz CT molecular complexity index is 809. The highest BCUT2D eigenvalue weighted by Crippen LogP contribution is 2.13. The molecule has 1 aromatic carbocycles. The fourth-order valence-electron chi connectivity index (χ4n) is 3.18. The standard InChI is InChI=1S/C21H29N5O3/c1-16-24-19(15-20(25-16)22-8-9-26-10-12-29-13-11-26)21(27)23-7-6-17-4-3-5-18(14-17)28-2/h3-5,14-15H,6-13H2,1-2H3,(H,23,27)(H,22,24,25). The molecule has 0 bridgehead atoms. The largest absolute Gasteiger partial charge is 0.497 e. The van der Waals surface area contributed by atoms with Crippen molar-refractivity contribution < 1.29 is 14.3 Å². The van der Waals surface area contributed by atoms with Crippen LogP contribution in [0.25, 0.3) is 0 Å². The first-order valence-corrected chi connectivity index (χ1v) is 9.95. The molecular weight excluding hydrogens is 370 g/mol. The van der Waals surface area contributed by atoms with Crippen molar-refractivity contribution in [2.24, 2.45) is 0 Å². The number of methoxy groups -OCH3 is 1. The van der Waals surface area contributed by atoms with Crippen LogP contribution >= 0.6 is 0 Å². The highest BCUT2D eigenvalue weighted by Gasteiger charge is 2.12. The monoisotopic (exact) mass is 399 g/mol. The van der Waals surface area contributed by atoms with Crippen LogP contribution in [0.3, 0.4) is 0 Å². The molecule has 3 rings (SSSR count). The van der Waals surface area contributed by atoms with Gasteiger partial charge in [0.15, 0.2) is 0 Å². The minimum Gasteiger partial charge on any atom is -0.497 e. The molecule has 1 aliphatic heterocycles. The van der Waals surface area contributed by atoms with E-state index in [0.29, 0.717) is 23.9 Å². The van der Waals surface area contributed by atoms with E-state index >= 15 is 0 Å². The Balaban J connectivity index is 1.49. The molecule has 0 aliphatic carbocycles. The van der Waals surface area contributed by atoms with Crippen LogP contribution in [0.1, 0.15) is 21.9 Å². The predicted octanol–water partition coefficient (Wildman–Crippen LogP) is 1.51. The number of anilines is 1. The van der Waals surface area contributed by atoms with Crippen LogP contribution in [0.2, 0.25) is 0 Å². The molecule has 1 fully saturated rings. The Labute approximate surface area is 171 Å². The Hall–Kier alpha value is -2.71. The molecular formula is C21H29N5O3. The van der Waals surface area contributed by atoms with E-state index < -0.39 is 0 Å². The quantitative estimate of drug-likeness (QED) is 0.661. The molecule has 2 aromatic rings. The third-order valence-electron chi connectivity index (χ3n) is 4.74. The highest BCUT2D eigenvalue weighted by atomic mass is 16.5. The number of benzene rings is 1. The smallest absolute Gasteiger partial charge is 0.270 e. The van der Waals surface area contributed by atoms with Gasteiger partial charge >= 0.3 is 0 Å². The van der Waals surface area contributed by atoms with E-state index in [1.807, 2.05) is 24.3 Å². The second-order valence-electron chi connectivity index (χ2n) is 6.92. The van der Waals surface area contributed by atoms with E-state index in [1.165, 1.54) is 0 Å². The summed E-state index contributed by atoms with van der Waals surface area (Å²) < 4.78 is 10.6. The molecule has 0 unspecified atom stereocenters. The third kappa shape index (κ3) is 6.69. The number of rotatable bonds is 9. The zero-order chi connectivity index (χ0) is 20.5. The van der Waals surface area contributed by atoms with E-state index in [-0.39, 0.29) is 5.91 Å². The molecule has 8 heteroatoms. The summed E-state index contributed by atoms with van der Waals surface area (Å²) in [5.41, 5.74) is 1.48. The topological polar surface area (TPSA) is 88.6 Å². The van der Waals surface area contributed by atoms with E-state index in [1.54, 1.807) is 20.1 Å². The fourth-order valence-corrected chi connectivity index (χ4v) is 3.18. The molecule has 0 saturated carbocycles. The number of hydrogen-bond acceptors (Lipinski definition) is 7. The van der Waals surface area contributed by atoms with Gasteiger partial charge in [-0.1, -0.05) is 12.1 Å². The Morgan fingerprint density at radius 3 is 2.83 bits per heavy atom. The number of aryl methyl sites for hydroxylation is 1. The summed E-state index contributed by atoms with van der Waals surface area (Å²) in [6, 6.07) is 9.53. The van der Waals surface area contributed by atoms with Crippen LogP contribution in [-0.2, 0) is 11.2 Å². The van der Waals surface area contributed by atoms with E-state index in [9.17, 15) is 4.79 Å². The molecule has 0 atom stereocenters. The molecule has 0 radical (unpaired) electrons. The molecule has 1 saturated heterocycles. The number of carbonyl (C=O) groups is 1. The number of amides is 1. The van der Waals surface area contributed by atoms with Gasteiger partial charge in [0.05, 0.1) is 20.3 Å². The number of aromatic nitrogens is 2. The van der Waals surface area contributed by atoms with Gasteiger partial charge < -0.3 is 20.1 Å². The third-order valence-corrected chi connectivity index (χ3v) is 4.74. The van der Waals surface area contributed by atoms with Crippen molar-refractivity contribution in [3.05, 3.63) is 47.4 Å². The summed E-state index contributed by atoms with van der Waals surface area (Å²) in [5, 5.41) is 6.22. The molecule has 0 spiro atoms. The lowest BCUT2D eigenvalue weighted by molar-refractivity contribution is 0.0398. The van der Waals surface area contributed by atoms with E-state index in [4.69, 9.17) is 9.47 Å². The van der Waals surface area contributed by atoms with Gasteiger partial charge in [0.1, 0.15) is 23.1 Å². The van der Waals surface area contributed by atoms with Crippen LogP contribution < -0.4 is 15.4 Å². The van der Waals surface area contributed by atoms with E-state index in [0.717, 1.165) is 57.1 Å². The molecule has 1 amide bonds. The van der Waals surface area contributed by atoms with Crippen LogP contribution in [-0.4, -0.2) is 73.8 Å². The molecule has 156 valence electrons. The zero-order valence-corrected chi connectivity index (χ0v) is 17.1. The van der Waals surface area contributed by atoms with Gasteiger partial charge in [-0.15, -0.1) is 0 Å². The van der Waals surface area contributed by atoms with Gasteiger partial charge in [0, 0.05) is 38.8 Å². The minimum atomic E-state index is -0.199. The average molecular weight is 399 g/mol. The maximum Gasteiger partial charge on any atom is 0.270 e. The number of nitrogens with zero attached hydrogens (tertiary/aromatic N) is 3. The lowest BCUT2D eigenvalue weighted by Gasteiger charge is -2.26. The number of carbonyl (C=O) groups excluding carboxylic acids is 1. The van der Waals surface area contributed by atoms with Gasteiger partial charge in [-0.05, 0) is 31.0 Å². The molecule has 1 aliphatic rings. The molecule has 8 nitrogen and oxygen atoms in total. The van der Waals surface area contributed by atoms with Crippen molar-refractivity contribution in [2.45, 2.75) is 13.3 Å². The Kier molecular flexibility index (Phi) is 7.77. The number of nitrogens with one attached hydrogen (secondary N) is 2. The lowest BCUT2D eigenvalue weighted by atomic mass is 10.1. The van der Waals surface area contributed by atoms with Crippen molar-refractivity contribution in [2.75, 3.05) is 58.4 Å². The summed E-state index contributed by atoms with van der Waals surface area (Å²) in [5.74, 6) is 1.85. The van der Waals surface area contributed by atoms with Crippen molar-refractivity contribution >= 4 is 11.7 Å². The molecule has 1 aromatic heterocycles. The Morgan fingerprint density at radius 1 is 1.21 bits per heavy atom. The van der Waals surface area contributed by atoms with Crippen LogP contribution in [0.5, 0.6) is 5.75 Å². The maximum atomic E-state index is 12.5. The first-order valence-electron chi connectivity index (χ1n) is 9.95. The SMILES string of the molecule is COc1cccc(CCNC(=O)c2cc(NCCN3CCOCC3)nc(C)n2)c1. The average Bonchev–Trinajstić information content (AvgIpc) is 2.74. The minimum absolute atomic E-state index is 0.199. The summed E-state index contributed by atoms with van der Waals surface area (Å²) in [6.45, 7) is 7.45. The normalized spacial score (nSPS) is 14.4. The number of morpholine rings is 1. The summed E-state index contributed by atoms with van der Waals surface area (Å²) in [7, 11) is 1.64. The second kappa shape index (κ2) is 10.7. The first-order chi connectivity index (χ1) is 14.1. The van der Waals surface area contributed by atoms with Crippen molar-refractivity contribution in [1.29, 1.82) is 0 Å². The van der Waals surface area contributed by atoms with Gasteiger partial charge in [-0.2, -0.15) is 0 Å². The number of ether oxygens (including phenoxy) is 2. The van der Waals surface area contributed by atoms with Crippen LogP contribution in [0.4, 0.5) is 5.82 Å². The van der Waals surface area contributed by atoms with Crippen molar-refractivity contribution in [1.82, 2.24) is 20.2 Å². The molecule has 2 heterocycles. The van der Waals surface area contributed by atoms with E-state index in [2.05, 4.69) is 25.5 Å². The van der Waals surface area contributed by atoms with Gasteiger partial charge in [-0.25, -0.2) is 9.97 Å². The summed E-state index contributed by atoms with van der Waals surface area (Å²) >= 11 is 0. The van der Waals surface area contributed by atoms with Gasteiger partial charge in [0.2, 0.25) is 0 Å². The van der Waals surface area contributed by atoms with Gasteiger partial charge in [0.25, 0.3) is 5.91 Å². The van der Waals surface area contributed by atoms with Crippen molar-refractivity contribution in [3.63, 3.8) is 0 Å². The predicted molar refractivity (Wildman–Crippen MR) is 112 cm³/mol. The summed E-state index contributed by atoms with van der Waals surface area (Å²) in [4.78, 5) is 23.5. The maximum absolute atomic E-state index is 12.5. The second-order valence-corrected chi connectivity index (χ2v) is 6.92. The number of hydrogen-bond donors (Lipinski definition) is 2. The highest BCUT2D eigenvalue weighted by molar-refractivity contribution is 5.92. The molecule has 29 heavy (non-hydrogen) atoms. The Morgan fingerprint density at radius 2 is 2.03 bits per heavy atom. The van der Waals surface area contributed by atoms with Crippen molar-refractivity contribution in [3.8, 4) is 5.75 Å². The van der Waals surface area contributed by atoms with Crippen LogP contribution in [0.15, 0.2) is 30.3 Å².